The average molecular weight is 303 g/mol. The number of aromatic nitrogens is 3. The van der Waals surface area contributed by atoms with Crippen LogP contribution in [0.5, 0.6) is 0 Å². The summed E-state index contributed by atoms with van der Waals surface area (Å²) in [4.78, 5) is 4.42. The molecule has 0 radical (unpaired) electrons. The average Bonchev–Trinajstić information content (AvgIpc) is 3.02. The molecule has 0 atom stereocenters. The molecule has 1 aromatic carbocycles. The van der Waals surface area contributed by atoms with Gasteiger partial charge in [0.25, 0.3) is 0 Å². The first-order valence-corrected chi connectivity index (χ1v) is 7.38. The lowest BCUT2D eigenvalue weighted by atomic mass is 10.1. The SMILES string of the molecule is Cc1cc(C)c(C#N)c(NCc2cnn(-c3ccccc3)c2)n1. The lowest BCUT2D eigenvalue weighted by molar-refractivity contribution is 0.880. The maximum atomic E-state index is 9.29. The van der Waals surface area contributed by atoms with Crippen LogP contribution in [0.25, 0.3) is 5.69 Å². The van der Waals surface area contributed by atoms with Crippen LogP contribution < -0.4 is 5.32 Å². The molecule has 0 saturated carbocycles. The Morgan fingerprint density at radius 2 is 2.00 bits per heavy atom. The molecule has 3 aromatic rings. The molecule has 2 heterocycles. The number of benzene rings is 1. The van der Waals surface area contributed by atoms with E-state index in [-0.39, 0.29) is 0 Å². The Morgan fingerprint density at radius 1 is 1.22 bits per heavy atom. The highest BCUT2D eigenvalue weighted by molar-refractivity contribution is 5.56. The largest absolute Gasteiger partial charge is 0.365 e. The minimum Gasteiger partial charge on any atom is -0.365 e. The summed E-state index contributed by atoms with van der Waals surface area (Å²) in [6.07, 6.45) is 3.78. The van der Waals surface area contributed by atoms with Gasteiger partial charge >= 0.3 is 0 Å². The molecule has 0 amide bonds. The first kappa shape index (κ1) is 14.8. The summed E-state index contributed by atoms with van der Waals surface area (Å²) in [5.74, 6) is 0.623. The van der Waals surface area contributed by atoms with Crippen LogP contribution in [0, 0.1) is 25.2 Å². The summed E-state index contributed by atoms with van der Waals surface area (Å²) < 4.78 is 1.83. The van der Waals surface area contributed by atoms with Gasteiger partial charge in [0.05, 0.1) is 17.4 Å². The van der Waals surface area contributed by atoms with E-state index >= 15 is 0 Å². The molecule has 0 unspecified atom stereocenters. The Bertz CT molecular complexity index is 859. The van der Waals surface area contributed by atoms with Gasteiger partial charge in [-0.05, 0) is 37.6 Å². The quantitative estimate of drug-likeness (QED) is 0.802. The monoisotopic (exact) mass is 303 g/mol. The molecule has 1 N–H and O–H groups in total. The second kappa shape index (κ2) is 6.32. The molecule has 0 aliphatic heterocycles. The number of pyridine rings is 1. The third-order valence-electron chi connectivity index (χ3n) is 3.57. The summed E-state index contributed by atoms with van der Waals surface area (Å²) in [7, 11) is 0. The van der Waals surface area contributed by atoms with E-state index in [1.165, 1.54) is 0 Å². The van der Waals surface area contributed by atoms with Crippen LogP contribution in [0.3, 0.4) is 0 Å². The van der Waals surface area contributed by atoms with Crippen LogP contribution in [0.15, 0.2) is 48.8 Å². The van der Waals surface area contributed by atoms with Crippen LogP contribution in [-0.4, -0.2) is 14.8 Å². The topological polar surface area (TPSA) is 66.5 Å². The molecular weight excluding hydrogens is 286 g/mol. The third kappa shape index (κ3) is 3.22. The van der Waals surface area contributed by atoms with Gasteiger partial charge in [0.2, 0.25) is 0 Å². The van der Waals surface area contributed by atoms with Crippen LogP contribution in [0.4, 0.5) is 5.82 Å². The lowest BCUT2D eigenvalue weighted by Crippen LogP contribution is -2.05. The number of rotatable bonds is 4. The van der Waals surface area contributed by atoms with Crippen molar-refractivity contribution in [2.24, 2.45) is 0 Å². The molecule has 0 spiro atoms. The number of nitrogens with one attached hydrogen (secondary N) is 1. The van der Waals surface area contributed by atoms with Gasteiger partial charge in [-0.2, -0.15) is 10.4 Å². The van der Waals surface area contributed by atoms with Crippen molar-refractivity contribution in [2.75, 3.05) is 5.32 Å². The summed E-state index contributed by atoms with van der Waals surface area (Å²) in [5, 5.41) is 16.9. The van der Waals surface area contributed by atoms with Crippen molar-refractivity contribution in [1.29, 1.82) is 5.26 Å². The minimum atomic E-state index is 0.567. The summed E-state index contributed by atoms with van der Waals surface area (Å²) in [5.41, 5.74) is 4.46. The Morgan fingerprint density at radius 3 is 2.74 bits per heavy atom. The third-order valence-corrected chi connectivity index (χ3v) is 3.57. The molecule has 5 heteroatoms. The van der Waals surface area contributed by atoms with E-state index < -0.39 is 0 Å². The van der Waals surface area contributed by atoms with Gasteiger partial charge in [-0.25, -0.2) is 9.67 Å². The maximum Gasteiger partial charge on any atom is 0.144 e. The number of hydrogen-bond donors (Lipinski definition) is 1. The zero-order chi connectivity index (χ0) is 16.2. The fourth-order valence-electron chi connectivity index (χ4n) is 2.46. The summed E-state index contributed by atoms with van der Waals surface area (Å²) in [6, 6.07) is 14.1. The molecule has 3 rings (SSSR count). The van der Waals surface area contributed by atoms with Crippen molar-refractivity contribution in [1.82, 2.24) is 14.8 Å². The smallest absolute Gasteiger partial charge is 0.144 e. The van der Waals surface area contributed by atoms with Crippen LogP contribution in [0.1, 0.15) is 22.4 Å². The van der Waals surface area contributed by atoms with E-state index in [4.69, 9.17) is 0 Å². The van der Waals surface area contributed by atoms with Crippen LogP contribution in [0.2, 0.25) is 0 Å². The number of nitriles is 1. The predicted octanol–water partition coefficient (Wildman–Crippen LogP) is 3.37. The number of para-hydroxylation sites is 1. The second-order valence-electron chi connectivity index (χ2n) is 5.40. The molecular formula is C18H17N5. The molecule has 0 bridgehead atoms. The number of hydrogen-bond acceptors (Lipinski definition) is 4. The Kier molecular flexibility index (Phi) is 4.07. The summed E-state index contributed by atoms with van der Waals surface area (Å²) >= 11 is 0. The van der Waals surface area contributed by atoms with E-state index in [0.29, 0.717) is 17.9 Å². The number of aryl methyl sites for hydroxylation is 2. The van der Waals surface area contributed by atoms with Gasteiger partial charge in [-0.15, -0.1) is 0 Å². The lowest BCUT2D eigenvalue weighted by Gasteiger charge is -2.09. The van der Waals surface area contributed by atoms with Crippen molar-refractivity contribution in [2.45, 2.75) is 20.4 Å². The Balaban J connectivity index is 1.78. The number of nitrogens with zero attached hydrogens (tertiary/aromatic N) is 4. The highest BCUT2D eigenvalue weighted by Gasteiger charge is 2.09. The van der Waals surface area contributed by atoms with Crippen molar-refractivity contribution in [3.8, 4) is 11.8 Å². The molecule has 0 saturated heterocycles. The predicted molar refractivity (Wildman–Crippen MR) is 89.3 cm³/mol. The molecule has 23 heavy (non-hydrogen) atoms. The molecule has 2 aromatic heterocycles. The van der Waals surface area contributed by atoms with Gasteiger partial charge in [0.1, 0.15) is 11.9 Å². The van der Waals surface area contributed by atoms with Gasteiger partial charge in [-0.3, -0.25) is 0 Å². The van der Waals surface area contributed by atoms with Crippen molar-refractivity contribution in [3.63, 3.8) is 0 Å². The van der Waals surface area contributed by atoms with E-state index in [1.807, 2.05) is 67.3 Å². The second-order valence-corrected chi connectivity index (χ2v) is 5.40. The summed E-state index contributed by atoms with van der Waals surface area (Å²) in [6.45, 7) is 4.41. The first-order valence-electron chi connectivity index (χ1n) is 7.38. The molecule has 5 nitrogen and oxygen atoms in total. The Hall–Kier alpha value is -3.13. The number of anilines is 1. The normalized spacial score (nSPS) is 10.3. The van der Waals surface area contributed by atoms with E-state index in [2.05, 4.69) is 21.5 Å². The van der Waals surface area contributed by atoms with Crippen LogP contribution in [-0.2, 0) is 6.54 Å². The fourth-order valence-corrected chi connectivity index (χ4v) is 2.46. The highest BCUT2D eigenvalue weighted by Crippen LogP contribution is 2.18. The zero-order valence-electron chi connectivity index (χ0n) is 13.1. The first-order chi connectivity index (χ1) is 11.2. The van der Waals surface area contributed by atoms with Crippen molar-refractivity contribution < 1.29 is 0 Å². The maximum absolute atomic E-state index is 9.29. The molecule has 0 fully saturated rings. The van der Waals surface area contributed by atoms with Gasteiger partial charge in [0, 0.05) is 24.0 Å². The van der Waals surface area contributed by atoms with Crippen LogP contribution >= 0.6 is 0 Å². The van der Waals surface area contributed by atoms with E-state index in [0.717, 1.165) is 22.5 Å². The zero-order valence-corrected chi connectivity index (χ0v) is 13.1. The highest BCUT2D eigenvalue weighted by atomic mass is 15.3. The van der Waals surface area contributed by atoms with E-state index in [1.54, 1.807) is 0 Å². The van der Waals surface area contributed by atoms with E-state index in [9.17, 15) is 5.26 Å². The standard InChI is InChI=1S/C18H17N5/c1-13-8-14(2)22-18(17(13)9-19)20-10-15-11-21-23(12-15)16-6-4-3-5-7-16/h3-8,11-12H,10H2,1-2H3,(H,20,22). The van der Waals surface area contributed by atoms with Gasteiger partial charge < -0.3 is 5.32 Å². The minimum absolute atomic E-state index is 0.567. The van der Waals surface area contributed by atoms with Gasteiger partial charge in [-0.1, -0.05) is 18.2 Å². The molecule has 0 aliphatic rings. The van der Waals surface area contributed by atoms with Crippen molar-refractivity contribution >= 4 is 5.82 Å². The Labute approximate surface area is 135 Å². The molecule has 114 valence electrons. The van der Waals surface area contributed by atoms with Gasteiger partial charge in [0.15, 0.2) is 0 Å². The van der Waals surface area contributed by atoms with Crippen molar-refractivity contribution in [3.05, 3.63) is 71.2 Å². The molecule has 0 aliphatic carbocycles. The fraction of sp³-hybridized carbons (Fsp3) is 0.167.